The van der Waals surface area contributed by atoms with Gasteiger partial charge in [-0.25, -0.2) is 14.0 Å². The second-order valence-electron chi connectivity index (χ2n) is 6.59. The van der Waals surface area contributed by atoms with Crippen LogP contribution in [0.4, 0.5) is 9.18 Å². The van der Waals surface area contributed by atoms with Crippen LogP contribution in [0.25, 0.3) is 0 Å². The van der Waals surface area contributed by atoms with Crippen LogP contribution in [-0.4, -0.2) is 29.4 Å². The Morgan fingerprint density at radius 3 is 2.39 bits per heavy atom. The number of hydrogen-bond donors (Lipinski definition) is 2. The Bertz CT molecular complexity index is 792. The van der Waals surface area contributed by atoms with Gasteiger partial charge in [0.1, 0.15) is 12.4 Å². The average molecular weight is 389 g/mol. The van der Waals surface area contributed by atoms with E-state index in [1.54, 1.807) is 32.0 Å². The second kappa shape index (κ2) is 10.4. The smallest absolute Gasteiger partial charge is 0.407 e. The molecule has 1 unspecified atom stereocenters. The van der Waals surface area contributed by atoms with Crippen molar-refractivity contribution in [1.82, 2.24) is 5.32 Å². The van der Waals surface area contributed by atoms with Crippen LogP contribution in [0.1, 0.15) is 30.5 Å². The maximum atomic E-state index is 12.9. The minimum Gasteiger partial charge on any atom is -0.479 e. The molecule has 2 rings (SSSR count). The molecule has 0 saturated heterocycles. The zero-order valence-corrected chi connectivity index (χ0v) is 15.9. The lowest BCUT2D eigenvalue weighted by Gasteiger charge is -2.17. The van der Waals surface area contributed by atoms with E-state index in [4.69, 9.17) is 9.47 Å². The molecule has 1 amide bonds. The number of carboxylic acid groups (broad SMARTS) is 1. The first kappa shape index (κ1) is 21.4. The maximum absolute atomic E-state index is 12.9. The predicted molar refractivity (Wildman–Crippen MR) is 101 cm³/mol. The summed E-state index contributed by atoms with van der Waals surface area (Å²) < 4.78 is 23.4. The van der Waals surface area contributed by atoms with E-state index in [1.165, 1.54) is 12.1 Å². The molecule has 150 valence electrons. The largest absolute Gasteiger partial charge is 0.479 e. The molecule has 6 nitrogen and oxygen atoms in total. The molecule has 7 heteroatoms. The van der Waals surface area contributed by atoms with Gasteiger partial charge in [0.05, 0.1) is 6.10 Å². The second-order valence-corrected chi connectivity index (χ2v) is 6.59. The summed E-state index contributed by atoms with van der Waals surface area (Å²) in [7, 11) is 0. The van der Waals surface area contributed by atoms with Gasteiger partial charge in [-0.2, -0.15) is 0 Å². The Balaban J connectivity index is 1.85. The third-order valence-corrected chi connectivity index (χ3v) is 3.84. The van der Waals surface area contributed by atoms with E-state index >= 15 is 0 Å². The monoisotopic (exact) mass is 389 g/mol. The van der Waals surface area contributed by atoms with Crippen LogP contribution in [0.5, 0.6) is 0 Å². The van der Waals surface area contributed by atoms with Crippen LogP contribution >= 0.6 is 0 Å². The lowest BCUT2D eigenvalue weighted by atomic mass is 10.0. The summed E-state index contributed by atoms with van der Waals surface area (Å²) in [6, 6.07) is 12.9. The minimum absolute atomic E-state index is 0.0407. The number of rotatable bonds is 9. The van der Waals surface area contributed by atoms with Crippen molar-refractivity contribution in [3.63, 3.8) is 0 Å². The Kier molecular flexibility index (Phi) is 7.95. The molecular weight excluding hydrogens is 365 g/mol. The predicted octanol–water partition coefficient (Wildman–Crippen LogP) is 3.67. The molecule has 0 saturated carbocycles. The van der Waals surface area contributed by atoms with Gasteiger partial charge in [0, 0.05) is 13.0 Å². The normalized spacial score (nSPS) is 11.9. The quantitative estimate of drug-likeness (QED) is 0.684. The van der Waals surface area contributed by atoms with E-state index < -0.39 is 18.2 Å². The SMILES string of the molecule is CC(C)OC(Cc1cccc(CNC(=O)OCc2ccc(F)cc2)c1)C(=O)O. The number of amides is 1. The van der Waals surface area contributed by atoms with Crippen molar-refractivity contribution >= 4 is 12.1 Å². The van der Waals surface area contributed by atoms with Gasteiger partial charge in [0.2, 0.25) is 0 Å². The first-order chi connectivity index (χ1) is 13.3. The standard InChI is InChI=1S/C21H24FNO5/c1-14(2)28-19(20(24)25)11-16-4-3-5-17(10-16)12-23-21(26)27-13-15-6-8-18(22)9-7-15/h3-10,14,19H,11-13H2,1-2H3,(H,23,26)(H,24,25). The molecule has 0 aliphatic heterocycles. The van der Waals surface area contributed by atoms with Gasteiger partial charge in [0.15, 0.2) is 6.10 Å². The zero-order valence-electron chi connectivity index (χ0n) is 15.9. The summed E-state index contributed by atoms with van der Waals surface area (Å²) in [5.74, 6) is -1.36. The fourth-order valence-electron chi connectivity index (χ4n) is 2.56. The first-order valence-electron chi connectivity index (χ1n) is 8.94. The van der Waals surface area contributed by atoms with E-state index in [9.17, 15) is 19.1 Å². The van der Waals surface area contributed by atoms with Gasteiger partial charge in [-0.3, -0.25) is 0 Å². The Morgan fingerprint density at radius 2 is 1.75 bits per heavy atom. The van der Waals surface area contributed by atoms with Gasteiger partial charge >= 0.3 is 12.1 Å². The van der Waals surface area contributed by atoms with Crippen LogP contribution in [0.2, 0.25) is 0 Å². The first-order valence-corrected chi connectivity index (χ1v) is 8.94. The molecule has 0 aliphatic carbocycles. The van der Waals surface area contributed by atoms with E-state index in [2.05, 4.69) is 5.32 Å². The van der Waals surface area contributed by atoms with Crippen molar-refractivity contribution < 1.29 is 28.6 Å². The third-order valence-electron chi connectivity index (χ3n) is 3.84. The van der Waals surface area contributed by atoms with E-state index in [-0.39, 0.29) is 31.5 Å². The van der Waals surface area contributed by atoms with Crippen molar-refractivity contribution in [1.29, 1.82) is 0 Å². The summed E-state index contributed by atoms with van der Waals surface area (Å²) in [5.41, 5.74) is 2.29. The van der Waals surface area contributed by atoms with Crippen molar-refractivity contribution in [2.75, 3.05) is 0 Å². The summed E-state index contributed by atoms with van der Waals surface area (Å²) in [6.45, 7) is 3.85. The number of halogens is 1. The fourth-order valence-corrected chi connectivity index (χ4v) is 2.56. The molecule has 28 heavy (non-hydrogen) atoms. The van der Waals surface area contributed by atoms with Gasteiger partial charge in [-0.1, -0.05) is 36.4 Å². The third kappa shape index (κ3) is 7.36. The average Bonchev–Trinajstić information content (AvgIpc) is 2.65. The van der Waals surface area contributed by atoms with Crippen molar-refractivity contribution in [2.45, 2.75) is 45.6 Å². The molecule has 0 fully saturated rings. The molecule has 0 radical (unpaired) electrons. The highest BCUT2D eigenvalue weighted by atomic mass is 19.1. The molecule has 0 bridgehead atoms. The lowest BCUT2D eigenvalue weighted by molar-refractivity contribution is -0.153. The Morgan fingerprint density at radius 1 is 1.07 bits per heavy atom. The number of carbonyl (C=O) groups is 2. The van der Waals surface area contributed by atoms with Crippen LogP contribution in [0, 0.1) is 5.82 Å². The maximum Gasteiger partial charge on any atom is 0.407 e. The number of carboxylic acids is 1. The molecule has 2 N–H and O–H groups in total. The minimum atomic E-state index is -1.01. The van der Waals surface area contributed by atoms with E-state index in [0.717, 1.165) is 11.1 Å². The van der Waals surface area contributed by atoms with Gasteiger partial charge in [-0.05, 0) is 42.7 Å². The number of benzene rings is 2. The van der Waals surface area contributed by atoms with Crippen LogP contribution in [0.15, 0.2) is 48.5 Å². The zero-order chi connectivity index (χ0) is 20.5. The van der Waals surface area contributed by atoms with E-state index in [1.807, 2.05) is 18.2 Å². The topological polar surface area (TPSA) is 84.9 Å². The molecule has 1 atom stereocenters. The highest BCUT2D eigenvalue weighted by molar-refractivity contribution is 5.72. The number of aliphatic carboxylic acids is 1. The van der Waals surface area contributed by atoms with Gasteiger partial charge < -0.3 is 19.9 Å². The Hall–Kier alpha value is -2.93. The van der Waals surface area contributed by atoms with Crippen LogP contribution in [0.3, 0.4) is 0 Å². The number of nitrogens with one attached hydrogen (secondary N) is 1. The summed E-state index contributed by atoms with van der Waals surface area (Å²) in [5, 5.41) is 11.9. The number of hydrogen-bond acceptors (Lipinski definition) is 4. The number of carbonyl (C=O) groups excluding carboxylic acids is 1. The highest BCUT2D eigenvalue weighted by Gasteiger charge is 2.20. The van der Waals surface area contributed by atoms with Crippen molar-refractivity contribution in [3.05, 3.63) is 71.0 Å². The summed E-state index contributed by atoms with van der Waals surface area (Å²) in [4.78, 5) is 23.2. The molecule has 2 aromatic carbocycles. The number of alkyl carbamates (subject to hydrolysis) is 1. The van der Waals surface area contributed by atoms with Crippen LogP contribution in [-0.2, 0) is 33.8 Å². The van der Waals surface area contributed by atoms with Crippen molar-refractivity contribution in [3.8, 4) is 0 Å². The molecule has 0 aliphatic rings. The number of ether oxygens (including phenoxy) is 2. The lowest BCUT2D eigenvalue weighted by Crippen LogP contribution is -2.29. The molecule has 0 heterocycles. The summed E-state index contributed by atoms with van der Waals surface area (Å²) in [6.07, 6.45) is -1.48. The molecule has 2 aromatic rings. The Labute approximate surface area is 163 Å². The molecular formula is C21H24FNO5. The van der Waals surface area contributed by atoms with Gasteiger partial charge in [0.25, 0.3) is 0 Å². The summed E-state index contributed by atoms with van der Waals surface area (Å²) >= 11 is 0. The van der Waals surface area contributed by atoms with Crippen molar-refractivity contribution in [2.24, 2.45) is 0 Å². The van der Waals surface area contributed by atoms with Crippen LogP contribution < -0.4 is 5.32 Å². The van der Waals surface area contributed by atoms with Gasteiger partial charge in [-0.15, -0.1) is 0 Å². The molecule has 0 spiro atoms. The van der Waals surface area contributed by atoms with E-state index in [0.29, 0.717) is 5.56 Å². The molecule has 0 aromatic heterocycles. The fraction of sp³-hybridized carbons (Fsp3) is 0.333. The highest BCUT2D eigenvalue weighted by Crippen LogP contribution is 2.12.